The Morgan fingerprint density at radius 3 is 3.08 bits per heavy atom. The Hall–Kier alpha value is -1.45. The molecule has 0 radical (unpaired) electrons. The van der Waals surface area contributed by atoms with E-state index in [1.807, 2.05) is 6.07 Å². The minimum absolute atomic E-state index is 0.188. The number of aromatic nitrogens is 2. The summed E-state index contributed by atoms with van der Waals surface area (Å²) in [6.45, 7) is 1.75. The molecule has 0 aromatic carbocycles. The molecular weight excluding hydrogens is 166 g/mol. The van der Waals surface area contributed by atoms with Crippen molar-refractivity contribution in [3.05, 3.63) is 18.5 Å². The highest BCUT2D eigenvalue weighted by Crippen LogP contribution is 2.20. The van der Waals surface area contributed by atoms with Gasteiger partial charge in [-0.15, -0.1) is 0 Å². The fourth-order valence-electron chi connectivity index (χ4n) is 1.60. The summed E-state index contributed by atoms with van der Waals surface area (Å²) in [5.74, 6) is 0.188. The molecule has 0 bridgehead atoms. The summed E-state index contributed by atoms with van der Waals surface area (Å²) in [5.41, 5.74) is 1.05. The zero-order valence-corrected chi connectivity index (χ0v) is 7.26. The molecule has 1 aliphatic rings. The number of rotatable bonds is 2. The van der Waals surface area contributed by atoms with Gasteiger partial charge in [0.2, 0.25) is 0 Å². The van der Waals surface area contributed by atoms with Crippen LogP contribution in [0, 0.1) is 5.92 Å². The summed E-state index contributed by atoms with van der Waals surface area (Å²) in [5, 5.41) is 7.51. The highest BCUT2D eigenvalue weighted by atomic mass is 16.1. The van der Waals surface area contributed by atoms with Crippen molar-refractivity contribution in [2.24, 2.45) is 5.92 Å². The van der Waals surface area contributed by atoms with E-state index >= 15 is 0 Å². The van der Waals surface area contributed by atoms with Crippen LogP contribution in [0.1, 0.15) is 6.42 Å². The van der Waals surface area contributed by atoms with Crippen LogP contribution in [-0.2, 0) is 4.79 Å². The Kier molecular flexibility index (Phi) is 2.21. The highest BCUT2D eigenvalue weighted by molar-refractivity contribution is 5.58. The molecule has 0 N–H and O–H groups in total. The molecule has 0 amide bonds. The maximum absolute atomic E-state index is 10.5. The maximum atomic E-state index is 10.5. The molecule has 4 nitrogen and oxygen atoms in total. The number of aldehydes is 1. The predicted molar refractivity (Wildman–Crippen MR) is 48.4 cm³/mol. The van der Waals surface area contributed by atoms with Crippen LogP contribution in [0.2, 0.25) is 0 Å². The van der Waals surface area contributed by atoms with Gasteiger partial charge in [0.1, 0.15) is 6.29 Å². The third-order valence-corrected chi connectivity index (χ3v) is 2.35. The number of nitrogens with zero attached hydrogens (tertiary/aromatic N) is 3. The monoisotopic (exact) mass is 177 g/mol. The summed E-state index contributed by atoms with van der Waals surface area (Å²) in [6.07, 6.45) is 5.39. The zero-order chi connectivity index (χ0) is 9.10. The third-order valence-electron chi connectivity index (χ3n) is 2.35. The minimum atomic E-state index is 0.188. The molecule has 2 heterocycles. The molecule has 0 aliphatic carbocycles. The third kappa shape index (κ3) is 1.66. The SMILES string of the molecule is O=C[C@@H]1CCN(c2ccnnc2)C1. The van der Waals surface area contributed by atoms with Crippen molar-refractivity contribution >= 4 is 12.0 Å². The molecule has 1 aromatic heterocycles. The standard InChI is InChI=1S/C9H11N3O/c13-7-8-2-4-12(6-8)9-1-3-10-11-5-9/h1,3,5,7-8H,2,4,6H2/t8-/m1/s1. The van der Waals surface area contributed by atoms with Gasteiger partial charge in [-0.05, 0) is 12.5 Å². The summed E-state index contributed by atoms with van der Waals surface area (Å²) in [4.78, 5) is 12.7. The van der Waals surface area contributed by atoms with Crippen molar-refractivity contribution in [3.63, 3.8) is 0 Å². The molecule has 1 saturated heterocycles. The lowest BCUT2D eigenvalue weighted by Gasteiger charge is -2.16. The van der Waals surface area contributed by atoms with E-state index in [0.29, 0.717) is 0 Å². The first-order valence-corrected chi connectivity index (χ1v) is 4.37. The van der Waals surface area contributed by atoms with E-state index in [9.17, 15) is 4.79 Å². The second kappa shape index (κ2) is 3.51. The molecule has 1 aliphatic heterocycles. The molecule has 68 valence electrons. The van der Waals surface area contributed by atoms with Crippen molar-refractivity contribution in [2.45, 2.75) is 6.42 Å². The predicted octanol–water partition coefficient (Wildman–Crippen LogP) is 0.502. The first-order valence-electron chi connectivity index (χ1n) is 4.37. The van der Waals surface area contributed by atoms with E-state index in [1.165, 1.54) is 0 Å². The molecule has 0 unspecified atom stereocenters. The van der Waals surface area contributed by atoms with Gasteiger partial charge in [-0.3, -0.25) is 0 Å². The lowest BCUT2D eigenvalue weighted by molar-refractivity contribution is -0.110. The van der Waals surface area contributed by atoms with E-state index in [-0.39, 0.29) is 5.92 Å². The number of anilines is 1. The van der Waals surface area contributed by atoms with Crippen LogP contribution in [0.25, 0.3) is 0 Å². The van der Waals surface area contributed by atoms with E-state index in [4.69, 9.17) is 0 Å². The Morgan fingerprint density at radius 2 is 2.46 bits per heavy atom. The van der Waals surface area contributed by atoms with Crippen LogP contribution >= 0.6 is 0 Å². The molecule has 13 heavy (non-hydrogen) atoms. The van der Waals surface area contributed by atoms with Crippen molar-refractivity contribution < 1.29 is 4.79 Å². The first kappa shape index (κ1) is 8.16. The zero-order valence-electron chi connectivity index (χ0n) is 7.26. The summed E-state index contributed by atoms with van der Waals surface area (Å²) in [7, 11) is 0. The average Bonchev–Trinajstić information content (AvgIpc) is 2.67. The van der Waals surface area contributed by atoms with Crippen molar-refractivity contribution in [1.82, 2.24) is 10.2 Å². The van der Waals surface area contributed by atoms with Gasteiger partial charge >= 0.3 is 0 Å². The van der Waals surface area contributed by atoms with E-state index in [2.05, 4.69) is 15.1 Å². The van der Waals surface area contributed by atoms with Gasteiger partial charge in [-0.2, -0.15) is 10.2 Å². The average molecular weight is 177 g/mol. The number of carbonyl (C=O) groups is 1. The van der Waals surface area contributed by atoms with Crippen molar-refractivity contribution in [1.29, 1.82) is 0 Å². The molecule has 4 heteroatoms. The molecule has 1 atom stereocenters. The quantitative estimate of drug-likeness (QED) is 0.617. The van der Waals surface area contributed by atoms with Crippen molar-refractivity contribution in [2.75, 3.05) is 18.0 Å². The van der Waals surface area contributed by atoms with Crippen LogP contribution in [0.3, 0.4) is 0 Å². The Morgan fingerprint density at radius 1 is 1.54 bits per heavy atom. The van der Waals surface area contributed by atoms with Gasteiger partial charge in [0, 0.05) is 19.0 Å². The Balaban J connectivity index is 2.08. The van der Waals surface area contributed by atoms with E-state index in [0.717, 1.165) is 31.5 Å². The fraction of sp³-hybridized carbons (Fsp3) is 0.444. The summed E-state index contributed by atoms with van der Waals surface area (Å²) in [6, 6.07) is 1.92. The molecule has 1 fully saturated rings. The van der Waals surface area contributed by atoms with Gasteiger partial charge in [-0.25, -0.2) is 0 Å². The normalized spacial score (nSPS) is 21.8. The molecule has 0 spiro atoms. The van der Waals surface area contributed by atoms with Gasteiger partial charge < -0.3 is 9.69 Å². The summed E-state index contributed by atoms with van der Waals surface area (Å²) < 4.78 is 0. The minimum Gasteiger partial charge on any atom is -0.369 e. The lowest BCUT2D eigenvalue weighted by Crippen LogP contribution is -2.19. The van der Waals surface area contributed by atoms with Crippen LogP contribution in [0.15, 0.2) is 18.5 Å². The van der Waals surface area contributed by atoms with Crippen LogP contribution in [0.5, 0.6) is 0 Å². The van der Waals surface area contributed by atoms with Gasteiger partial charge in [0.25, 0.3) is 0 Å². The van der Waals surface area contributed by atoms with Crippen LogP contribution < -0.4 is 4.90 Å². The maximum Gasteiger partial charge on any atom is 0.124 e. The highest BCUT2D eigenvalue weighted by Gasteiger charge is 2.21. The second-order valence-corrected chi connectivity index (χ2v) is 3.23. The Labute approximate surface area is 76.6 Å². The molecule has 1 aromatic rings. The number of hydrogen-bond acceptors (Lipinski definition) is 4. The second-order valence-electron chi connectivity index (χ2n) is 3.23. The Bertz CT molecular complexity index is 288. The topological polar surface area (TPSA) is 46.1 Å². The largest absolute Gasteiger partial charge is 0.369 e. The van der Waals surface area contributed by atoms with Crippen molar-refractivity contribution in [3.8, 4) is 0 Å². The fourth-order valence-corrected chi connectivity index (χ4v) is 1.60. The smallest absolute Gasteiger partial charge is 0.124 e. The number of carbonyl (C=O) groups excluding carboxylic acids is 1. The number of hydrogen-bond donors (Lipinski definition) is 0. The van der Waals surface area contributed by atoms with Gasteiger partial charge in [-0.1, -0.05) is 0 Å². The van der Waals surface area contributed by atoms with E-state index < -0.39 is 0 Å². The van der Waals surface area contributed by atoms with Crippen LogP contribution in [0.4, 0.5) is 5.69 Å². The molecule has 0 saturated carbocycles. The van der Waals surface area contributed by atoms with Gasteiger partial charge in [0.05, 0.1) is 18.1 Å². The van der Waals surface area contributed by atoms with Crippen LogP contribution in [-0.4, -0.2) is 29.6 Å². The first-order chi connectivity index (χ1) is 6.40. The lowest BCUT2D eigenvalue weighted by atomic mass is 10.1. The molecule has 2 rings (SSSR count). The van der Waals surface area contributed by atoms with Gasteiger partial charge in [0.15, 0.2) is 0 Å². The van der Waals surface area contributed by atoms with E-state index in [1.54, 1.807) is 12.4 Å². The summed E-state index contributed by atoms with van der Waals surface area (Å²) >= 11 is 0. The molecular formula is C9H11N3O.